The Morgan fingerprint density at radius 2 is 1.19 bits per heavy atom. The molecule has 0 radical (unpaired) electrons. The van der Waals surface area contributed by atoms with Gasteiger partial charge in [0.25, 0.3) is 0 Å². The summed E-state index contributed by atoms with van der Waals surface area (Å²) < 4.78 is 0. The summed E-state index contributed by atoms with van der Waals surface area (Å²) in [4.78, 5) is 4.96. The topological polar surface area (TPSA) is 6.48 Å². The fourth-order valence-electron chi connectivity index (χ4n) is 3.97. The van der Waals surface area contributed by atoms with Gasteiger partial charge in [0, 0.05) is 25.5 Å². The standard InChI is InChI=1S/C24H40N2/c1-3-5-6-7-8-9-10-11-12-13-17-20-26-22-21-25(4-2)24(26)23-18-15-14-16-19-23/h14-16,18-19,21-22,24H,3-13,17,20H2,1-2H3. The normalized spacial score (nSPS) is 16.6. The minimum atomic E-state index is 0.393. The van der Waals surface area contributed by atoms with Crippen LogP contribution in [0.1, 0.15) is 96.2 Å². The van der Waals surface area contributed by atoms with Gasteiger partial charge in [0.05, 0.1) is 0 Å². The maximum atomic E-state index is 2.52. The molecule has 0 saturated carbocycles. The van der Waals surface area contributed by atoms with E-state index in [1.165, 1.54) is 82.7 Å². The van der Waals surface area contributed by atoms with Gasteiger partial charge in [-0.15, -0.1) is 0 Å². The highest BCUT2D eigenvalue weighted by Gasteiger charge is 2.25. The molecule has 0 N–H and O–H groups in total. The number of benzene rings is 1. The first-order valence-corrected chi connectivity index (χ1v) is 11.1. The number of rotatable bonds is 14. The summed E-state index contributed by atoms with van der Waals surface area (Å²) >= 11 is 0. The molecular weight excluding hydrogens is 316 g/mol. The Labute approximate surface area is 162 Å². The molecular formula is C24H40N2. The van der Waals surface area contributed by atoms with E-state index in [1.54, 1.807) is 0 Å². The number of hydrogen-bond acceptors (Lipinski definition) is 2. The minimum absolute atomic E-state index is 0.393. The van der Waals surface area contributed by atoms with Crippen molar-refractivity contribution in [1.82, 2.24) is 9.80 Å². The van der Waals surface area contributed by atoms with E-state index >= 15 is 0 Å². The van der Waals surface area contributed by atoms with E-state index in [0.717, 1.165) is 6.54 Å². The van der Waals surface area contributed by atoms with Gasteiger partial charge in [0.15, 0.2) is 0 Å². The molecule has 0 amide bonds. The van der Waals surface area contributed by atoms with E-state index in [1.807, 2.05) is 0 Å². The van der Waals surface area contributed by atoms with Crippen molar-refractivity contribution in [3.8, 4) is 0 Å². The quantitative estimate of drug-likeness (QED) is 0.328. The van der Waals surface area contributed by atoms with E-state index in [-0.39, 0.29) is 0 Å². The predicted molar refractivity (Wildman–Crippen MR) is 114 cm³/mol. The third-order valence-electron chi connectivity index (χ3n) is 5.56. The van der Waals surface area contributed by atoms with Crippen LogP contribution in [-0.2, 0) is 0 Å². The molecule has 1 aliphatic heterocycles. The van der Waals surface area contributed by atoms with Crippen LogP contribution >= 0.6 is 0 Å². The largest absolute Gasteiger partial charge is 0.353 e. The molecule has 1 unspecified atom stereocenters. The van der Waals surface area contributed by atoms with Crippen molar-refractivity contribution in [2.24, 2.45) is 0 Å². The van der Waals surface area contributed by atoms with Gasteiger partial charge in [0.1, 0.15) is 6.17 Å². The summed E-state index contributed by atoms with van der Waals surface area (Å²) in [6.45, 7) is 6.76. The molecule has 0 aromatic heterocycles. The molecule has 1 aromatic carbocycles. The second-order valence-electron chi connectivity index (χ2n) is 7.69. The fraction of sp³-hybridized carbons (Fsp3) is 0.667. The van der Waals surface area contributed by atoms with Crippen molar-refractivity contribution in [3.05, 3.63) is 48.3 Å². The molecule has 2 rings (SSSR count). The summed E-state index contributed by atoms with van der Waals surface area (Å²) in [6, 6.07) is 10.9. The third kappa shape index (κ3) is 7.05. The van der Waals surface area contributed by atoms with Gasteiger partial charge < -0.3 is 9.80 Å². The minimum Gasteiger partial charge on any atom is -0.353 e. The molecule has 0 fully saturated rings. The Bertz CT molecular complexity index is 482. The number of unbranched alkanes of at least 4 members (excludes halogenated alkanes) is 10. The monoisotopic (exact) mass is 356 g/mol. The number of nitrogens with zero attached hydrogens (tertiary/aromatic N) is 2. The van der Waals surface area contributed by atoms with Crippen LogP contribution in [0.2, 0.25) is 0 Å². The SMILES string of the molecule is CCCCCCCCCCCCCN1C=CN(CC)C1c1ccccc1. The number of hydrogen-bond donors (Lipinski definition) is 0. The smallest absolute Gasteiger partial charge is 0.127 e. The molecule has 0 saturated heterocycles. The lowest BCUT2D eigenvalue weighted by molar-refractivity contribution is 0.157. The van der Waals surface area contributed by atoms with Gasteiger partial charge >= 0.3 is 0 Å². The Kier molecular flexibility index (Phi) is 10.3. The van der Waals surface area contributed by atoms with Gasteiger partial charge in [-0.05, 0) is 18.9 Å². The lowest BCUT2D eigenvalue weighted by Crippen LogP contribution is -2.31. The van der Waals surface area contributed by atoms with E-state index in [9.17, 15) is 0 Å². The molecule has 1 aliphatic rings. The Hall–Kier alpha value is -1.44. The van der Waals surface area contributed by atoms with Gasteiger partial charge in [0.2, 0.25) is 0 Å². The summed E-state index contributed by atoms with van der Waals surface area (Å²) in [6.07, 6.45) is 20.4. The highest BCUT2D eigenvalue weighted by atomic mass is 15.4. The van der Waals surface area contributed by atoms with Crippen LogP contribution < -0.4 is 0 Å². The van der Waals surface area contributed by atoms with E-state index < -0.39 is 0 Å². The Morgan fingerprint density at radius 1 is 0.654 bits per heavy atom. The molecule has 1 aromatic rings. The Morgan fingerprint density at radius 3 is 1.77 bits per heavy atom. The Balaban J connectivity index is 1.58. The molecule has 1 heterocycles. The van der Waals surface area contributed by atoms with Crippen LogP contribution in [0.5, 0.6) is 0 Å². The lowest BCUT2D eigenvalue weighted by Gasteiger charge is -2.32. The van der Waals surface area contributed by atoms with Crippen LogP contribution in [-0.4, -0.2) is 22.9 Å². The van der Waals surface area contributed by atoms with Crippen LogP contribution in [0.25, 0.3) is 0 Å². The van der Waals surface area contributed by atoms with Gasteiger partial charge in [-0.1, -0.05) is 101 Å². The van der Waals surface area contributed by atoms with Gasteiger partial charge in [-0.2, -0.15) is 0 Å². The predicted octanol–water partition coefficient (Wildman–Crippen LogP) is 7.10. The van der Waals surface area contributed by atoms with Crippen LogP contribution in [0.4, 0.5) is 0 Å². The van der Waals surface area contributed by atoms with Crippen LogP contribution in [0, 0.1) is 0 Å². The zero-order chi connectivity index (χ0) is 18.5. The van der Waals surface area contributed by atoms with E-state index in [4.69, 9.17) is 0 Å². The second-order valence-corrected chi connectivity index (χ2v) is 7.69. The maximum absolute atomic E-state index is 2.52. The van der Waals surface area contributed by atoms with Gasteiger partial charge in [-0.25, -0.2) is 0 Å². The van der Waals surface area contributed by atoms with Crippen molar-refractivity contribution >= 4 is 0 Å². The molecule has 146 valence electrons. The van der Waals surface area contributed by atoms with Crippen LogP contribution in [0.3, 0.4) is 0 Å². The average molecular weight is 357 g/mol. The highest BCUT2D eigenvalue weighted by molar-refractivity contribution is 5.21. The summed E-state index contributed by atoms with van der Waals surface area (Å²) in [7, 11) is 0. The summed E-state index contributed by atoms with van der Waals surface area (Å²) in [5, 5.41) is 0. The van der Waals surface area contributed by atoms with Crippen molar-refractivity contribution in [2.75, 3.05) is 13.1 Å². The van der Waals surface area contributed by atoms with Crippen molar-refractivity contribution in [2.45, 2.75) is 90.6 Å². The van der Waals surface area contributed by atoms with Crippen molar-refractivity contribution in [1.29, 1.82) is 0 Å². The molecule has 0 bridgehead atoms. The van der Waals surface area contributed by atoms with E-state index in [2.05, 4.69) is 66.4 Å². The fourth-order valence-corrected chi connectivity index (χ4v) is 3.97. The first kappa shape index (κ1) is 20.9. The first-order valence-electron chi connectivity index (χ1n) is 11.1. The maximum Gasteiger partial charge on any atom is 0.127 e. The summed E-state index contributed by atoms with van der Waals surface area (Å²) in [5.41, 5.74) is 1.41. The molecule has 26 heavy (non-hydrogen) atoms. The molecule has 0 aliphatic carbocycles. The average Bonchev–Trinajstić information content (AvgIpc) is 3.09. The van der Waals surface area contributed by atoms with Gasteiger partial charge in [-0.3, -0.25) is 0 Å². The first-order chi connectivity index (χ1) is 12.9. The van der Waals surface area contributed by atoms with Crippen LogP contribution in [0.15, 0.2) is 42.7 Å². The third-order valence-corrected chi connectivity index (χ3v) is 5.56. The molecule has 0 spiro atoms. The molecule has 2 nitrogen and oxygen atoms in total. The van der Waals surface area contributed by atoms with E-state index in [0.29, 0.717) is 6.17 Å². The zero-order valence-electron chi connectivity index (χ0n) is 17.2. The lowest BCUT2D eigenvalue weighted by atomic mass is 10.1. The zero-order valence-corrected chi connectivity index (χ0v) is 17.2. The van der Waals surface area contributed by atoms with Crippen molar-refractivity contribution < 1.29 is 0 Å². The highest BCUT2D eigenvalue weighted by Crippen LogP contribution is 2.30. The second kappa shape index (κ2) is 12.8. The molecule has 2 heteroatoms. The van der Waals surface area contributed by atoms with Crippen molar-refractivity contribution in [3.63, 3.8) is 0 Å². The molecule has 1 atom stereocenters. The summed E-state index contributed by atoms with van der Waals surface area (Å²) in [5.74, 6) is 0.